The first-order chi connectivity index (χ1) is 13.1. The fraction of sp³-hybridized carbons (Fsp3) is 0.278. The Morgan fingerprint density at radius 3 is 2.70 bits per heavy atom. The van der Waals surface area contributed by atoms with Crippen LogP contribution in [-0.4, -0.2) is 40.7 Å². The summed E-state index contributed by atoms with van der Waals surface area (Å²) in [5.74, 6) is 5.20. The third-order valence-corrected chi connectivity index (χ3v) is 5.48. The molecule has 2 aromatic rings. The van der Waals surface area contributed by atoms with Crippen LogP contribution in [-0.2, 0) is 6.54 Å². The Bertz CT molecular complexity index is 800. The van der Waals surface area contributed by atoms with Crippen LogP contribution in [0.3, 0.4) is 0 Å². The molecule has 0 bridgehead atoms. The molecule has 4 N–H and O–H groups in total. The van der Waals surface area contributed by atoms with E-state index in [1.807, 2.05) is 5.43 Å². The number of nitrogens with two attached hydrogens (primary N) is 1. The maximum Gasteiger partial charge on any atom is 0.317 e. The van der Waals surface area contributed by atoms with E-state index in [4.69, 9.17) is 5.84 Å². The number of hydrogen-bond acceptors (Lipinski definition) is 5. The first-order valence-corrected chi connectivity index (χ1v) is 9.47. The van der Waals surface area contributed by atoms with Crippen molar-refractivity contribution in [3.05, 3.63) is 65.2 Å². The van der Waals surface area contributed by atoms with Gasteiger partial charge >= 0.3 is 6.03 Å². The zero-order valence-electron chi connectivity index (χ0n) is 14.5. The smallest absolute Gasteiger partial charge is 0.317 e. The number of nitrogens with zero attached hydrogens (tertiary/aromatic N) is 2. The first kappa shape index (κ1) is 19.1. The van der Waals surface area contributed by atoms with Gasteiger partial charge in [0.25, 0.3) is 5.91 Å². The van der Waals surface area contributed by atoms with Crippen LogP contribution in [0.25, 0.3) is 0 Å². The van der Waals surface area contributed by atoms with Crippen LogP contribution in [0.2, 0.25) is 0 Å². The van der Waals surface area contributed by atoms with E-state index in [-0.39, 0.29) is 23.6 Å². The highest BCUT2D eigenvalue weighted by atomic mass is 32.2. The van der Waals surface area contributed by atoms with Crippen LogP contribution in [0.1, 0.15) is 26.9 Å². The number of urea groups is 1. The number of aromatic nitrogens is 1. The molecule has 142 valence electrons. The molecule has 1 fully saturated rings. The summed E-state index contributed by atoms with van der Waals surface area (Å²) >= 11 is 1.76. The largest absolute Gasteiger partial charge is 0.332 e. The second-order valence-electron chi connectivity index (χ2n) is 6.03. The number of hydrogen-bond donors (Lipinski definition) is 3. The Balaban J connectivity index is 1.54. The molecule has 0 radical (unpaired) electrons. The lowest BCUT2D eigenvalue weighted by Gasteiger charge is -2.32. The summed E-state index contributed by atoms with van der Waals surface area (Å²) in [5, 5.41) is 2.96. The van der Waals surface area contributed by atoms with Crippen molar-refractivity contribution in [2.75, 3.05) is 18.8 Å². The van der Waals surface area contributed by atoms with E-state index in [1.165, 1.54) is 18.3 Å². The molecule has 0 saturated carbocycles. The Morgan fingerprint density at radius 2 is 2.04 bits per heavy atom. The molecular formula is C18H20FN5O2S. The summed E-state index contributed by atoms with van der Waals surface area (Å²) in [5.41, 5.74) is 4.03. The van der Waals surface area contributed by atoms with Crippen LogP contribution in [0.15, 0.2) is 42.6 Å². The highest BCUT2D eigenvalue weighted by molar-refractivity contribution is 7.99. The van der Waals surface area contributed by atoms with E-state index in [0.29, 0.717) is 24.3 Å². The van der Waals surface area contributed by atoms with Gasteiger partial charge in [0.15, 0.2) is 0 Å². The number of thioether (sulfide) groups is 1. The molecule has 1 atom stereocenters. The molecule has 3 amide bonds. The third-order valence-electron chi connectivity index (χ3n) is 4.23. The van der Waals surface area contributed by atoms with Gasteiger partial charge in [-0.1, -0.05) is 12.1 Å². The Morgan fingerprint density at radius 1 is 1.26 bits per heavy atom. The molecular weight excluding hydrogens is 369 g/mol. The van der Waals surface area contributed by atoms with E-state index < -0.39 is 5.91 Å². The molecule has 0 aliphatic carbocycles. The van der Waals surface area contributed by atoms with Gasteiger partial charge in [-0.2, -0.15) is 11.8 Å². The van der Waals surface area contributed by atoms with Crippen molar-refractivity contribution >= 4 is 23.7 Å². The number of hydrazine groups is 1. The van der Waals surface area contributed by atoms with E-state index in [2.05, 4.69) is 10.3 Å². The van der Waals surface area contributed by atoms with E-state index in [0.717, 1.165) is 11.3 Å². The molecule has 1 saturated heterocycles. The number of carbonyl (C=O) groups excluding carboxylic acids is 2. The van der Waals surface area contributed by atoms with Crippen molar-refractivity contribution in [1.82, 2.24) is 20.6 Å². The van der Waals surface area contributed by atoms with Crippen molar-refractivity contribution in [3.8, 4) is 0 Å². The van der Waals surface area contributed by atoms with Crippen LogP contribution >= 0.6 is 11.8 Å². The number of halogens is 1. The van der Waals surface area contributed by atoms with Gasteiger partial charge in [-0.15, -0.1) is 0 Å². The predicted molar refractivity (Wildman–Crippen MR) is 101 cm³/mol. The average molecular weight is 389 g/mol. The number of amides is 3. The highest BCUT2D eigenvalue weighted by Gasteiger charge is 2.25. The van der Waals surface area contributed by atoms with Crippen LogP contribution < -0.4 is 16.6 Å². The molecule has 1 aliphatic heterocycles. The molecule has 1 aliphatic rings. The maximum atomic E-state index is 13.1. The number of nitrogen functional groups attached to an aromatic ring is 1. The van der Waals surface area contributed by atoms with Gasteiger partial charge in [-0.05, 0) is 29.8 Å². The Labute approximate surface area is 160 Å². The summed E-state index contributed by atoms with van der Waals surface area (Å²) in [6.45, 7) is 1.47. The SMILES string of the molecule is NNC(=O)c1ccc(CNC(=O)N2CCSC(c3ccc(F)cc3)C2)nc1. The summed E-state index contributed by atoms with van der Waals surface area (Å²) in [6, 6.07) is 9.49. The van der Waals surface area contributed by atoms with Gasteiger partial charge in [0.1, 0.15) is 5.82 Å². The van der Waals surface area contributed by atoms with Gasteiger partial charge in [0.05, 0.1) is 17.8 Å². The van der Waals surface area contributed by atoms with Gasteiger partial charge in [-0.3, -0.25) is 15.2 Å². The summed E-state index contributed by atoms with van der Waals surface area (Å²) < 4.78 is 13.1. The molecule has 7 nitrogen and oxygen atoms in total. The third kappa shape index (κ3) is 4.95. The Hall–Kier alpha value is -2.65. The minimum absolute atomic E-state index is 0.122. The Kier molecular flexibility index (Phi) is 6.25. The number of nitrogens with one attached hydrogen (secondary N) is 2. The normalized spacial score (nSPS) is 16.7. The quantitative estimate of drug-likeness (QED) is 0.421. The van der Waals surface area contributed by atoms with E-state index in [1.54, 1.807) is 40.9 Å². The van der Waals surface area contributed by atoms with Crippen molar-refractivity contribution in [3.63, 3.8) is 0 Å². The molecule has 0 spiro atoms. The molecule has 1 aromatic heterocycles. The second-order valence-corrected chi connectivity index (χ2v) is 7.34. The van der Waals surface area contributed by atoms with Crippen molar-refractivity contribution < 1.29 is 14.0 Å². The van der Waals surface area contributed by atoms with E-state index >= 15 is 0 Å². The minimum atomic E-state index is -0.421. The van der Waals surface area contributed by atoms with Crippen molar-refractivity contribution in [2.45, 2.75) is 11.8 Å². The van der Waals surface area contributed by atoms with Crippen LogP contribution in [0.5, 0.6) is 0 Å². The number of pyridine rings is 1. The summed E-state index contributed by atoms with van der Waals surface area (Å²) in [4.78, 5) is 29.7. The molecule has 1 aromatic carbocycles. The molecule has 2 heterocycles. The molecule has 27 heavy (non-hydrogen) atoms. The van der Waals surface area contributed by atoms with Crippen molar-refractivity contribution in [2.24, 2.45) is 5.84 Å². The zero-order chi connectivity index (χ0) is 19.2. The summed E-state index contributed by atoms with van der Waals surface area (Å²) in [6.07, 6.45) is 1.41. The first-order valence-electron chi connectivity index (χ1n) is 8.42. The average Bonchev–Trinajstić information content (AvgIpc) is 2.72. The van der Waals surface area contributed by atoms with E-state index in [9.17, 15) is 14.0 Å². The second kappa shape index (κ2) is 8.83. The fourth-order valence-corrected chi connectivity index (χ4v) is 3.98. The van der Waals surface area contributed by atoms with Gasteiger partial charge < -0.3 is 10.2 Å². The molecule has 3 rings (SSSR count). The fourth-order valence-electron chi connectivity index (χ4n) is 2.74. The summed E-state index contributed by atoms with van der Waals surface area (Å²) in [7, 11) is 0. The van der Waals surface area contributed by atoms with Gasteiger partial charge in [-0.25, -0.2) is 15.0 Å². The lowest BCUT2D eigenvalue weighted by Crippen LogP contribution is -2.44. The lowest BCUT2D eigenvalue weighted by molar-refractivity contribution is 0.0953. The number of benzene rings is 1. The number of rotatable bonds is 4. The molecule has 9 heteroatoms. The predicted octanol–water partition coefficient (Wildman–Crippen LogP) is 1.82. The topological polar surface area (TPSA) is 100 Å². The minimum Gasteiger partial charge on any atom is -0.332 e. The molecule has 1 unspecified atom stereocenters. The van der Waals surface area contributed by atoms with Gasteiger partial charge in [0.2, 0.25) is 0 Å². The standard InChI is InChI=1S/C18H20FN5O2S/c19-14-4-1-12(2-5-14)16-11-24(7-8-27-16)18(26)22-10-15-6-3-13(9-21-15)17(25)23-20/h1-6,9,16H,7-8,10-11,20H2,(H,22,26)(H,23,25). The highest BCUT2D eigenvalue weighted by Crippen LogP contribution is 2.33. The van der Waals surface area contributed by atoms with Gasteiger partial charge in [0, 0.05) is 30.3 Å². The van der Waals surface area contributed by atoms with Crippen LogP contribution in [0.4, 0.5) is 9.18 Å². The van der Waals surface area contributed by atoms with Crippen LogP contribution in [0, 0.1) is 5.82 Å². The maximum absolute atomic E-state index is 13.1. The monoisotopic (exact) mass is 389 g/mol. The number of carbonyl (C=O) groups is 2. The van der Waals surface area contributed by atoms with Crippen molar-refractivity contribution in [1.29, 1.82) is 0 Å². The zero-order valence-corrected chi connectivity index (χ0v) is 15.3. The lowest BCUT2D eigenvalue weighted by atomic mass is 10.1.